The number of nitrogens with one attached hydrogen (secondary N) is 1. The van der Waals surface area contributed by atoms with Crippen LogP contribution in [0.1, 0.15) is 63.4 Å². The van der Waals surface area contributed by atoms with Crippen molar-refractivity contribution >= 4 is 0 Å². The van der Waals surface area contributed by atoms with Crippen molar-refractivity contribution in [2.75, 3.05) is 6.54 Å². The molecule has 0 spiro atoms. The fourth-order valence-electron chi connectivity index (χ4n) is 3.55. The first kappa shape index (κ1) is 13.2. The Morgan fingerprint density at radius 3 is 2.79 bits per heavy atom. The normalized spacial score (nSPS) is 34.4. The summed E-state index contributed by atoms with van der Waals surface area (Å²) in [6.07, 6.45) is 6.95. The first-order valence-electron chi connectivity index (χ1n) is 8.01. The molecule has 4 unspecified atom stereocenters. The summed E-state index contributed by atoms with van der Waals surface area (Å²) in [4.78, 5) is 0. The van der Waals surface area contributed by atoms with Gasteiger partial charge < -0.3 is 9.73 Å². The van der Waals surface area contributed by atoms with E-state index >= 15 is 0 Å². The summed E-state index contributed by atoms with van der Waals surface area (Å²) in [7, 11) is 0. The largest absolute Gasteiger partial charge is 0.464 e. The van der Waals surface area contributed by atoms with Crippen molar-refractivity contribution in [1.29, 1.82) is 0 Å². The van der Waals surface area contributed by atoms with E-state index < -0.39 is 0 Å². The molecule has 106 valence electrons. The summed E-state index contributed by atoms with van der Waals surface area (Å²) in [6.45, 7) is 6.74. The number of hydrogen-bond donors (Lipinski definition) is 1. The quantitative estimate of drug-likeness (QED) is 0.854. The number of hydrogen-bond acceptors (Lipinski definition) is 2. The van der Waals surface area contributed by atoms with Crippen LogP contribution < -0.4 is 5.32 Å². The van der Waals surface area contributed by atoms with Gasteiger partial charge in [-0.1, -0.05) is 26.7 Å². The van der Waals surface area contributed by atoms with Crippen LogP contribution in [0.4, 0.5) is 0 Å². The van der Waals surface area contributed by atoms with Gasteiger partial charge in [-0.2, -0.15) is 0 Å². The second kappa shape index (κ2) is 5.70. The molecule has 2 fully saturated rings. The smallest absolute Gasteiger partial charge is 0.117 e. The first-order valence-corrected chi connectivity index (χ1v) is 8.01. The lowest BCUT2D eigenvalue weighted by Gasteiger charge is -2.26. The van der Waals surface area contributed by atoms with Crippen LogP contribution in [0.2, 0.25) is 0 Å². The molecule has 0 saturated heterocycles. The Bertz CT molecular complexity index is 411. The van der Waals surface area contributed by atoms with Crippen LogP contribution in [0.15, 0.2) is 16.5 Å². The minimum atomic E-state index is 0.702. The van der Waals surface area contributed by atoms with Gasteiger partial charge in [0.25, 0.3) is 0 Å². The Morgan fingerprint density at radius 2 is 2.05 bits per heavy atom. The standard InChI is InChI=1S/C17H27NO/c1-12-4-3-5-14(8-12)10-18-11-15-6-7-17(19-15)16-9-13(16)2/h6-7,12-14,16,18H,3-5,8-11H2,1-2H3. The molecule has 2 aliphatic carbocycles. The molecule has 1 heterocycles. The SMILES string of the molecule is CC1CCCC(CNCc2ccc(C3CC3C)o2)C1. The van der Waals surface area contributed by atoms with Gasteiger partial charge in [0.05, 0.1) is 6.54 Å². The van der Waals surface area contributed by atoms with Gasteiger partial charge >= 0.3 is 0 Å². The molecule has 2 nitrogen and oxygen atoms in total. The molecule has 2 heteroatoms. The van der Waals surface area contributed by atoms with Crippen LogP contribution in [0.5, 0.6) is 0 Å². The Labute approximate surface area is 117 Å². The highest BCUT2D eigenvalue weighted by Crippen LogP contribution is 2.47. The summed E-state index contributed by atoms with van der Waals surface area (Å²) in [6, 6.07) is 4.32. The monoisotopic (exact) mass is 261 g/mol. The summed E-state index contributed by atoms with van der Waals surface area (Å²) < 4.78 is 5.93. The summed E-state index contributed by atoms with van der Waals surface area (Å²) in [5, 5.41) is 3.58. The molecule has 2 saturated carbocycles. The predicted octanol–water partition coefficient (Wildman–Crippen LogP) is 4.32. The topological polar surface area (TPSA) is 25.2 Å². The molecule has 19 heavy (non-hydrogen) atoms. The fraction of sp³-hybridized carbons (Fsp3) is 0.765. The van der Waals surface area contributed by atoms with E-state index in [0.717, 1.165) is 36.6 Å². The van der Waals surface area contributed by atoms with E-state index in [1.807, 2.05) is 0 Å². The van der Waals surface area contributed by atoms with Crippen molar-refractivity contribution in [3.8, 4) is 0 Å². The van der Waals surface area contributed by atoms with Gasteiger partial charge in [0.15, 0.2) is 0 Å². The third kappa shape index (κ3) is 3.42. The van der Waals surface area contributed by atoms with E-state index in [2.05, 4.69) is 31.3 Å². The average molecular weight is 261 g/mol. The summed E-state index contributed by atoms with van der Waals surface area (Å²) in [5.41, 5.74) is 0. The molecule has 0 amide bonds. The minimum Gasteiger partial charge on any atom is -0.464 e. The molecule has 1 aromatic rings. The van der Waals surface area contributed by atoms with Crippen molar-refractivity contribution in [2.24, 2.45) is 17.8 Å². The molecule has 0 bridgehead atoms. The van der Waals surface area contributed by atoms with Crippen LogP contribution in [0.3, 0.4) is 0 Å². The lowest BCUT2D eigenvalue weighted by atomic mass is 9.82. The minimum absolute atomic E-state index is 0.702. The summed E-state index contributed by atoms with van der Waals surface area (Å²) >= 11 is 0. The Balaban J connectivity index is 1.41. The van der Waals surface area contributed by atoms with Crippen molar-refractivity contribution < 1.29 is 4.42 Å². The maximum atomic E-state index is 5.93. The molecule has 0 radical (unpaired) electrons. The van der Waals surface area contributed by atoms with Crippen LogP contribution in [0, 0.1) is 17.8 Å². The first-order chi connectivity index (χ1) is 9.22. The molecule has 0 aliphatic heterocycles. The molecule has 3 rings (SSSR count). The predicted molar refractivity (Wildman–Crippen MR) is 78.1 cm³/mol. The second-order valence-corrected chi connectivity index (χ2v) is 6.89. The molecular formula is C17H27NO. The lowest BCUT2D eigenvalue weighted by Crippen LogP contribution is -2.26. The van der Waals surface area contributed by atoms with Crippen LogP contribution in [0.25, 0.3) is 0 Å². The van der Waals surface area contributed by atoms with E-state index in [1.54, 1.807) is 0 Å². The van der Waals surface area contributed by atoms with Gasteiger partial charge in [-0.3, -0.25) is 0 Å². The Kier molecular flexibility index (Phi) is 3.97. The van der Waals surface area contributed by atoms with E-state index in [-0.39, 0.29) is 0 Å². The highest BCUT2D eigenvalue weighted by molar-refractivity contribution is 5.17. The second-order valence-electron chi connectivity index (χ2n) is 6.89. The van der Waals surface area contributed by atoms with Crippen LogP contribution in [-0.2, 0) is 6.54 Å². The van der Waals surface area contributed by atoms with Crippen LogP contribution in [-0.4, -0.2) is 6.54 Å². The maximum Gasteiger partial charge on any atom is 0.117 e. The van der Waals surface area contributed by atoms with Crippen molar-refractivity contribution in [2.45, 2.75) is 58.4 Å². The molecule has 0 aromatic carbocycles. The number of rotatable bonds is 5. The van der Waals surface area contributed by atoms with Gasteiger partial charge in [0.1, 0.15) is 11.5 Å². The molecule has 2 aliphatic rings. The lowest BCUT2D eigenvalue weighted by molar-refractivity contribution is 0.271. The third-order valence-corrected chi connectivity index (χ3v) is 4.93. The molecule has 1 N–H and O–H groups in total. The van der Waals surface area contributed by atoms with E-state index in [1.165, 1.54) is 37.9 Å². The van der Waals surface area contributed by atoms with Gasteiger partial charge in [0, 0.05) is 5.92 Å². The van der Waals surface area contributed by atoms with Gasteiger partial charge in [0.2, 0.25) is 0 Å². The zero-order valence-corrected chi connectivity index (χ0v) is 12.3. The molecule has 4 atom stereocenters. The third-order valence-electron chi connectivity index (χ3n) is 4.93. The van der Waals surface area contributed by atoms with Gasteiger partial charge in [-0.25, -0.2) is 0 Å². The highest BCUT2D eigenvalue weighted by atomic mass is 16.3. The maximum absolute atomic E-state index is 5.93. The Hall–Kier alpha value is -0.760. The van der Waals surface area contributed by atoms with Gasteiger partial charge in [-0.05, 0) is 55.7 Å². The molecular weight excluding hydrogens is 234 g/mol. The zero-order chi connectivity index (χ0) is 13.2. The summed E-state index contributed by atoms with van der Waals surface area (Å²) in [5.74, 6) is 5.64. The van der Waals surface area contributed by atoms with E-state index in [9.17, 15) is 0 Å². The number of furan rings is 1. The van der Waals surface area contributed by atoms with Crippen molar-refractivity contribution in [3.05, 3.63) is 23.7 Å². The average Bonchev–Trinajstić information content (AvgIpc) is 2.93. The van der Waals surface area contributed by atoms with Gasteiger partial charge in [-0.15, -0.1) is 0 Å². The van der Waals surface area contributed by atoms with Crippen LogP contribution >= 0.6 is 0 Å². The zero-order valence-electron chi connectivity index (χ0n) is 12.3. The molecule has 1 aromatic heterocycles. The fourth-order valence-corrected chi connectivity index (χ4v) is 3.55. The van der Waals surface area contributed by atoms with E-state index in [0.29, 0.717) is 5.92 Å². The van der Waals surface area contributed by atoms with Crippen molar-refractivity contribution in [1.82, 2.24) is 5.32 Å². The van der Waals surface area contributed by atoms with Crippen molar-refractivity contribution in [3.63, 3.8) is 0 Å². The highest BCUT2D eigenvalue weighted by Gasteiger charge is 2.36. The van der Waals surface area contributed by atoms with E-state index in [4.69, 9.17) is 4.42 Å². The Morgan fingerprint density at radius 1 is 1.21 bits per heavy atom.